The minimum atomic E-state index is -0.680. The number of fused-ring (bicyclic) bond motifs is 1. The summed E-state index contributed by atoms with van der Waals surface area (Å²) in [5.74, 6) is -1.29. The highest BCUT2D eigenvalue weighted by Gasteiger charge is 2.58. The van der Waals surface area contributed by atoms with Gasteiger partial charge < -0.3 is 28.4 Å². The first-order valence-electron chi connectivity index (χ1n) is 8.81. The fourth-order valence-corrected chi connectivity index (χ4v) is 3.64. The molecule has 0 bridgehead atoms. The van der Waals surface area contributed by atoms with Crippen LogP contribution in [0.25, 0.3) is 0 Å². The van der Waals surface area contributed by atoms with Gasteiger partial charge in [0.1, 0.15) is 24.4 Å². The average Bonchev–Trinajstić information content (AvgIpc) is 3.15. The standard InChI is InChI=1S/C19H26O6/c1-18(2)21-11-13(23-18)14-15(20-10-12-8-6-5-7-9-12)16-17(22-14)25-19(3,4)24-16/h5-9,13-17H,10-11H2,1-4H3/t13?,14-,15+,16-,17-/m1/s1. The Balaban J connectivity index is 1.50. The lowest BCUT2D eigenvalue weighted by atomic mass is 10.1. The molecule has 0 aromatic heterocycles. The van der Waals surface area contributed by atoms with Gasteiger partial charge in [-0.1, -0.05) is 30.3 Å². The van der Waals surface area contributed by atoms with Crippen LogP contribution in [0.3, 0.4) is 0 Å². The smallest absolute Gasteiger partial charge is 0.190 e. The molecule has 1 unspecified atom stereocenters. The molecule has 6 heteroatoms. The average molecular weight is 350 g/mol. The third kappa shape index (κ3) is 3.60. The lowest BCUT2D eigenvalue weighted by molar-refractivity contribution is -0.236. The van der Waals surface area contributed by atoms with Crippen molar-refractivity contribution < 1.29 is 28.4 Å². The third-order valence-electron chi connectivity index (χ3n) is 4.71. The molecule has 3 fully saturated rings. The summed E-state index contributed by atoms with van der Waals surface area (Å²) in [6.07, 6.45) is -1.52. The monoisotopic (exact) mass is 350 g/mol. The van der Waals surface area contributed by atoms with E-state index in [1.165, 1.54) is 0 Å². The van der Waals surface area contributed by atoms with Gasteiger partial charge >= 0.3 is 0 Å². The Morgan fingerprint density at radius 3 is 2.40 bits per heavy atom. The molecule has 1 aromatic carbocycles. The topological polar surface area (TPSA) is 55.4 Å². The zero-order valence-electron chi connectivity index (χ0n) is 15.1. The van der Waals surface area contributed by atoms with E-state index < -0.39 is 17.9 Å². The van der Waals surface area contributed by atoms with Gasteiger partial charge in [0.2, 0.25) is 0 Å². The van der Waals surface area contributed by atoms with Crippen molar-refractivity contribution in [1.82, 2.24) is 0 Å². The summed E-state index contributed by atoms with van der Waals surface area (Å²) >= 11 is 0. The van der Waals surface area contributed by atoms with E-state index in [1.54, 1.807) is 0 Å². The number of hydrogen-bond acceptors (Lipinski definition) is 6. The molecule has 4 rings (SSSR count). The quantitative estimate of drug-likeness (QED) is 0.832. The van der Waals surface area contributed by atoms with Gasteiger partial charge in [0.15, 0.2) is 17.9 Å². The molecule has 25 heavy (non-hydrogen) atoms. The second-order valence-corrected chi connectivity index (χ2v) is 7.70. The van der Waals surface area contributed by atoms with Crippen molar-refractivity contribution in [3.63, 3.8) is 0 Å². The predicted octanol–water partition coefficient (Wildman–Crippen LogP) is 2.60. The maximum atomic E-state index is 6.22. The maximum absolute atomic E-state index is 6.22. The van der Waals surface area contributed by atoms with Crippen molar-refractivity contribution >= 4 is 0 Å². The minimum absolute atomic E-state index is 0.211. The highest BCUT2D eigenvalue weighted by atomic mass is 16.8. The fraction of sp³-hybridized carbons (Fsp3) is 0.684. The van der Waals surface area contributed by atoms with E-state index in [-0.39, 0.29) is 24.4 Å². The van der Waals surface area contributed by atoms with Crippen molar-refractivity contribution in [2.24, 2.45) is 0 Å². The zero-order chi connectivity index (χ0) is 17.7. The predicted molar refractivity (Wildman–Crippen MR) is 88.6 cm³/mol. The van der Waals surface area contributed by atoms with Crippen LogP contribution in [0.15, 0.2) is 30.3 Å². The molecule has 3 aliphatic heterocycles. The Kier molecular flexibility index (Phi) is 4.38. The Bertz CT molecular complexity index is 601. The Morgan fingerprint density at radius 1 is 0.960 bits per heavy atom. The van der Waals surface area contributed by atoms with Gasteiger partial charge in [0.05, 0.1) is 13.2 Å². The molecule has 6 nitrogen and oxygen atoms in total. The first kappa shape index (κ1) is 17.4. The second kappa shape index (κ2) is 6.30. The number of ether oxygens (including phenoxy) is 6. The SMILES string of the molecule is CC1(C)OCC([C@H]2O[C@@H]3OC(C)(C)O[C@@H]3[C@H]2OCc2ccccc2)O1. The highest BCUT2D eigenvalue weighted by Crippen LogP contribution is 2.42. The van der Waals surface area contributed by atoms with E-state index in [0.29, 0.717) is 13.2 Å². The van der Waals surface area contributed by atoms with Crippen molar-refractivity contribution in [2.75, 3.05) is 6.61 Å². The van der Waals surface area contributed by atoms with Crippen LogP contribution in [0.2, 0.25) is 0 Å². The minimum Gasteiger partial charge on any atom is -0.368 e. The zero-order valence-corrected chi connectivity index (χ0v) is 15.1. The van der Waals surface area contributed by atoms with E-state index >= 15 is 0 Å². The molecule has 0 aliphatic carbocycles. The summed E-state index contributed by atoms with van der Waals surface area (Å²) in [5.41, 5.74) is 1.10. The molecular weight excluding hydrogens is 324 g/mol. The van der Waals surface area contributed by atoms with Crippen LogP contribution in [-0.4, -0.2) is 48.9 Å². The fourth-order valence-electron chi connectivity index (χ4n) is 3.64. The summed E-state index contributed by atoms with van der Waals surface area (Å²) in [6.45, 7) is 8.52. The number of rotatable bonds is 4. The van der Waals surface area contributed by atoms with Crippen LogP contribution in [-0.2, 0) is 35.0 Å². The van der Waals surface area contributed by atoms with E-state index in [0.717, 1.165) is 5.56 Å². The van der Waals surface area contributed by atoms with Gasteiger partial charge in [-0.15, -0.1) is 0 Å². The normalized spacial score (nSPS) is 38.8. The third-order valence-corrected chi connectivity index (χ3v) is 4.71. The van der Waals surface area contributed by atoms with Gasteiger partial charge in [-0.2, -0.15) is 0 Å². The molecule has 0 N–H and O–H groups in total. The van der Waals surface area contributed by atoms with Crippen LogP contribution >= 0.6 is 0 Å². The van der Waals surface area contributed by atoms with E-state index in [4.69, 9.17) is 28.4 Å². The summed E-state index contributed by atoms with van der Waals surface area (Å²) in [6, 6.07) is 10.1. The maximum Gasteiger partial charge on any atom is 0.190 e. The molecule has 5 atom stereocenters. The summed E-state index contributed by atoms with van der Waals surface area (Å²) < 4.78 is 36.0. The van der Waals surface area contributed by atoms with Crippen LogP contribution < -0.4 is 0 Å². The van der Waals surface area contributed by atoms with Gasteiger partial charge in [-0.3, -0.25) is 0 Å². The molecular formula is C19H26O6. The molecule has 3 heterocycles. The van der Waals surface area contributed by atoms with Crippen molar-refractivity contribution in [3.8, 4) is 0 Å². The van der Waals surface area contributed by atoms with Crippen molar-refractivity contribution in [1.29, 1.82) is 0 Å². The molecule has 0 radical (unpaired) electrons. The van der Waals surface area contributed by atoms with Crippen molar-refractivity contribution in [2.45, 2.75) is 76.6 Å². The van der Waals surface area contributed by atoms with Crippen molar-refractivity contribution in [3.05, 3.63) is 35.9 Å². The number of benzene rings is 1. The largest absolute Gasteiger partial charge is 0.368 e. The summed E-state index contributed by atoms with van der Waals surface area (Å²) in [5, 5.41) is 0. The molecule has 0 spiro atoms. The molecule has 3 aliphatic rings. The molecule has 138 valence electrons. The van der Waals surface area contributed by atoms with Crippen LogP contribution in [0, 0.1) is 0 Å². The number of hydrogen-bond donors (Lipinski definition) is 0. The highest BCUT2D eigenvalue weighted by molar-refractivity contribution is 5.13. The Labute approximate surface area is 148 Å². The molecule has 0 saturated carbocycles. The van der Waals surface area contributed by atoms with Gasteiger partial charge in [0.25, 0.3) is 0 Å². The first-order valence-corrected chi connectivity index (χ1v) is 8.81. The molecule has 1 aromatic rings. The lowest BCUT2D eigenvalue weighted by Gasteiger charge is -2.29. The summed E-state index contributed by atoms with van der Waals surface area (Å²) in [7, 11) is 0. The Morgan fingerprint density at radius 2 is 1.72 bits per heavy atom. The molecule has 3 saturated heterocycles. The first-order chi connectivity index (χ1) is 11.8. The van der Waals surface area contributed by atoms with E-state index in [2.05, 4.69) is 0 Å². The van der Waals surface area contributed by atoms with E-state index in [9.17, 15) is 0 Å². The Hall–Kier alpha value is -1.02. The van der Waals surface area contributed by atoms with E-state index in [1.807, 2.05) is 58.0 Å². The van der Waals surface area contributed by atoms with Gasteiger partial charge in [-0.05, 0) is 33.3 Å². The van der Waals surface area contributed by atoms with Crippen LogP contribution in [0.4, 0.5) is 0 Å². The lowest BCUT2D eigenvalue weighted by Crippen LogP contribution is -2.44. The summed E-state index contributed by atoms with van der Waals surface area (Å²) in [4.78, 5) is 0. The van der Waals surface area contributed by atoms with Crippen LogP contribution in [0.1, 0.15) is 33.3 Å². The van der Waals surface area contributed by atoms with Crippen LogP contribution in [0.5, 0.6) is 0 Å². The van der Waals surface area contributed by atoms with Gasteiger partial charge in [-0.25, -0.2) is 0 Å². The second-order valence-electron chi connectivity index (χ2n) is 7.70. The van der Waals surface area contributed by atoms with Gasteiger partial charge in [0, 0.05) is 0 Å². The molecule has 0 amide bonds.